The largest absolute Gasteiger partial charge is 0.481 e. The molecule has 6 nitrogen and oxygen atoms in total. The second kappa shape index (κ2) is 7.56. The first kappa shape index (κ1) is 17.9. The van der Waals surface area contributed by atoms with Gasteiger partial charge in [0.2, 0.25) is 5.88 Å². The molecular formula is C20H22N2O4. The number of aromatic nitrogens is 1. The Balaban J connectivity index is 1.81. The van der Waals surface area contributed by atoms with Crippen molar-refractivity contribution in [3.8, 4) is 5.88 Å². The van der Waals surface area contributed by atoms with Gasteiger partial charge in [-0.2, -0.15) is 0 Å². The van der Waals surface area contributed by atoms with Crippen LogP contribution in [0.15, 0.2) is 48.5 Å². The van der Waals surface area contributed by atoms with E-state index in [-0.39, 0.29) is 30.2 Å². The number of rotatable bonds is 5. The standard InChI is InChI=1S/C20H22N2O4/c1-13(2)26-18-10-6-9-17(21-18)19(23)22-11-15(16(12-22)20(24)25)14-7-4-3-5-8-14/h3-10,13,15-16H,11-12H2,1-2H3,(H,24,25)/t15-,16-/m0/s1. The van der Waals surface area contributed by atoms with Gasteiger partial charge in [0.1, 0.15) is 5.69 Å². The Morgan fingerprint density at radius 2 is 1.85 bits per heavy atom. The molecule has 1 aliphatic rings. The van der Waals surface area contributed by atoms with E-state index in [4.69, 9.17) is 4.74 Å². The van der Waals surface area contributed by atoms with E-state index in [9.17, 15) is 14.7 Å². The molecule has 1 N–H and O–H groups in total. The van der Waals surface area contributed by atoms with Gasteiger partial charge in [-0.3, -0.25) is 9.59 Å². The van der Waals surface area contributed by atoms with Crippen LogP contribution in [0, 0.1) is 5.92 Å². The highest BCUT2D eigenvalue weighted by Crippen LogP contribution is 2.33. The van der Waals surface area contributed by atoms with Crippen molar-refractivity contribution >= 4 is 11.9 Å². The fraction of sp³-hybridized carbons (Fsp3) is 0.350. The lowest BCUT2D eigenvalue weighted by Crippen LogP contribution is -2.30. The molecule has 6 heteroatoms. The number of carbonyl (C=O) groups excluding carboxylic acids is 1. The summed E-state index contributed by atoms with van der Waals surface area (Å²) in [7, 11) is 0. The number of pyridine rings is 1. The normalized spacial score (nSPS) is 19.6. The zero-order valence-electron chi connectivity index (χ0n) is 14.8. The maximum absolute atomic E-state index is 12.8. The molecule has 1 aromatic carbocycles. The molecule has 3 rings (SSSR count). The highest BCUT2D eigenvalue weighted by molar-refractivity contribution is 5.93. The van der Waals surface area contributed by atoms with Gasteiger partial charge in [0.25, 0.3) is 5.91 Å². The molecule has 0 saturated carbocycles. The van der Waals surface area contributed by atoms with E-state index < -0.39 is 11.9 Å². The molecule has 2 heterocycles. The molecular weight excluding hydrogens is 332 g/mol. The Kier molecular flexibility index (Phi) is 5.21. The van der Waals surface area contributed by atoms with E-state index in [0.717, 1.165) is 5.56 Å². The van der Waals surface area contributed by atoms with Crippen LogP contribution in [0.4, 0.5) is 0 Å². The van der Waals surface area contributed by atoms with Crippen LogP contribution < -0.4 is 4.74 Å². The first-order valence-electron chi connectivity index (χ1n) is 8.66. The summed E-state index contributed by atoms with van der Waals surface area (Å²) in [6.45, 7) is 4.30. The van der Waals surface area contributed by atoms with Gasteiger partial charge in [0.15, 0.2) is 0 Å². The average molecular weight is 354 g/mol. The van der Waals surface area contributed by atoms with E-state index in [0.29, 0.717) is 12.4 Å². The summed E-state index contributed by atoms with van der Waals surface area (Å²) >= 11 is 0. The summed E-state index contributed by atoms with van der Waals surface area (Å²) in [6.07, 6.45) is -0.0431. The fourth-order valence-electron chi connectivity index (χ4n) is 3.26. The Morgan fingerprint density at radius 1 is 1.12 bits per heavy atom. The first-order chi connectivity index (χ1) is 12.5. The number of hydrogen-bond donors (Lipinski definition) is 1. The number of nitrogens with zero attached hydrogens (tertiary/aromatic N) is 2. The zero-order valence-corrected chi connectivity index (χ0v) is 14.8. The highest BCUT2D eigenvalue weighted by Gasteiger charge is 2.40. The smallest absolute Gasteiger partial charge is 0.308 e. The highest BCUT2D eigenvalue weighted by atomic mass is 16.5. The number of likely N-dealkylation sites (tertiary alicyclic amines) is 1. The van der Waals surface area contributed by atoms with Crippen molar-refractivity contribution in [1.29, 1.82) is 0 Å². The van der Waals surface area contributed by atoms with Gasteiger partial charge in [-0.05, 0) is 25.5 Å². The molecule has 0 radical (unpaired) electrons. The number of ether oxygens (including phenoxy) is 1. The molecule has 136 valence electrons. The first-order valence-corrected chi connectivity index (χ1v) is 8.66. The van der Waals surface area contributed by atoms with Crippen LogP contribution in [0.5, 0.6) is 5.88 Å². The van der Waals surface area contributed by atoms with Crippen LogP contribution in [0.1, 0.15) is 35.8 Å². The van der Waals surface area contributed by atoms with Crippen molar-refractivity contribution < 1.29 is 19.4 Å². The molecule has 1 saturated heterocycles. The van der Waals surface area contributed by atoms with Gasteiger partial charge < -0.3 is 14.7 Å². The number of benzene rings is 1. The SMILES string of the molecule is CC(C)Oc1cccc(C(=O)N2C[C@H](C(=O)O)[C@H](c3ccccc3)C2)n1. The Labute approximate surface area is 152 Å². The predicted octanol–water partition coefficient (Wildman–Crippen LogP) is 2.81. The second-order valence-corrected chi connectivity index (χ2v) is 6.70. The van der Waals surface area contributed by atoms with E-state index in [1.807, 2.05) is 44.2 Å². The fourth-order valence-corrected chi connectivity index (χ4v) is 3.26. The number of aliphatic carboxylic acids is 1. The van der Waals surface area contributed by atoms with Gasteiger partial charge in [0, 0.05) is 25.1 Å². The summed E-state index contributed by atoms with van der Waals surface area (Å²) in [5, 5.41) is 9.58. The molecule has 1 fully saturated rings. The van der Waals surface area contributed by atoms with Crippen LogP contribution in [-0.2, 0) is 4.79 Å². The topological polar surface area (TPSA) is 79.7 Å². The van der Waals surface area contributed by atoms with Crippen LogP contribution in [0.2, 0.25) is 0 Å². The lowest BCUT2D eigenvalue weighted by atomic mass is 9.89. The predicted molar refractivity (Wildman–Crippen MR) is 96.2 cm³/mol. The maximum Gasteiger partial charge on any atom is 0.308 e. The molecule has 0 aliphatic carbocycles. The Morgan fingerprint density at radius 3 is 2.50 bits per heavy atom. The van der Waals surface area contributed by atoms with Crippen molar-refractivity contribution in [2.75, 3.05) is 13.1 Å². The monoisotopic (exact) mass is 354 g/mol. The quantitative estimate of drug-likeness (QED) is 0.893. The van der Waals surface area contributed by atoms with Gasteiger partial charge in [0.05, 0.1) is 12.0 Å². The third-order valence-electron chi connectivity index (χ3n) is 4.45. The minimum absolute atomic E-state index is 0.0431. The lowest BCUT2D eigenvalue weighted by Gasteiger charge is -2.17. The van der Waals surface area contributed by atoms with Crippen LogP contribution in [0.25, 0.3) is 0 Å². The Bertz CT molecular complexity index is 791. The molecule has 2 aromatic rings. The minimum atomic E-state index is -0.890. The van der Waals surface area contributed by atoms with E-state index in [1.54, 1.807) is 23.1 Å². The van der Waals surface area contributed by atoms with Crippen molar-refractivity contribution in [1.82, 2.24) is 9.88 Å². The van der Waals surface area contributed by atoms with E-state index in [1.165, 1.54) is 0 Å². The number of carboxylic acid groups (broad SMARTS) is 1. The van der Waals surface area contributed by atoms with Crippen LogP contribution >= 0.6 is 0 Å². The molecule has 0 unspecified atom stereocenters. The van der Waals surface area contributed by atoms with Crippen molar-refractivity contribution in [2.24, 2.45) is 5.92 Å². The summed E-state index contributed by atoms with van der Waals surface area (Å²) in [6, 6.07) is 14.5. The summed E-state index contributed by atoms with van der Waals surface area (Å²) in [5.74, 6) is -1.63. The molecule has 1 aliphatic heterocycles. The van der Waals surface area contributed by atoms with Crippen molar-refractivity contribution in [2.45, 2.75) is 25.9 Å². The lowest BCUT2D eigenvalue weighted by molar-refractivity contribution is -0.141. The number of carboxylic acids is 1. The van der Waals surface area contributed by atoms with Gasteiger partial charge in [-0.25, -0.2) is 4.98 Å². The van der Waals surface area contributed by atoms with E-state index >= 15 is 0 Å². The van der Waals surface area contributed by atoms with Crippen LogP contribution in [-0.4, -0.2) is 46.1 Å². The molecule has 26 heavy (non-hydrogen) atoms. The van der Waals surface area contributed by atoms with Crippen molar-refractivity contribution in [3.05, 3.63) is 59.8 Å². The summed E-state index contributed by atoms with van der Waals surface area (Å²) in [5.41, 5.74) is 1.20. The van der Waals surface area contributed by atoms with E-state index in [2.05, 4.69) is 4.98 Å². The third-order valence-corrected chi connectivity index (χ3v) is 4.45. The van der Waals surface area contributed by atoms with Crippen LogP contribution in [0.3, 0.4) is 0 Å². The Hall–Kier alpha value is -2.89. The number of carbonyl (C=O) groups is 2. The average Bonchev–Trinajstić information content (AvgIpc) is 3.07. The second-order valence-electron chi connectivity index (χ2n) is 6.70. The summed E-state index contributed by atoms with van der Waals surface area (Å²) < 4.78 is 5.54. The summed E-state index contributed by atoms with van der Waals surface area (Å²) in [4.78, 5) is 30.4. The molecule has 0 bridgehead atoms. The third kappa shape index (κ3) is 3.85. The molecule has 1 amide bonds. The number of amides is 1. The minimum Gasteiger partial charge on any atom is -0.481 e. The molecule has 1 aromatic heterocycles. The maximum atomic E-state index is 12.8. The molecule has 2 atom stereocenters. The van der Waals surface area contributed by atoms with Gasteiger partial charge >= 0.3 is 5.97 Å². The van der Waals surface area contributed by atoms with Crippen molar-refractivity contribution in [3.63, 3.8) is 0 Å². The molecule has 0 spiro atoms. The van der Waals surface area contributed by atoms with Gasteiger partial charge in [-0.15, -0.1) is 0 Å². The van der Waals surface area contributed by atoms with Gasteiger partial charge in [-0.1, -0.05) is 36.4 Å². The number of hydrogen-bond acceptors (Lipinski definition) is 4. The zero-order chi connectivity index (χ0) is 18.7.